The van der Waals surface area contributed by atoms with Crippen LogP contribution in [0.15, 0.2) is 36.4 Å². The lowest BCUT2D eigenvalue weighted by atomic mass is 9.82. The van der Waals surface area contributed by atoms with Gasteiger partial charge in [0.25, 0.3) is 5.91 Å². The third-order valence-corrected chi connectivity index (χ3v) is 5.78. The van der Waals surface area contributed by atoms with E-state index in [2.05, 4.69) is 10.6 Å². The minimum absolute atomic E-state index is 0.0538. The zero-order valence-corrected chi connectivity index (χ0v) is 18.7. The zero-order valence-electron chi connectivity index (χ0n) is 17.2. The molecule has 1 aliphatic heterocycles. The molecule has 0 bridgehead atoms. The van der Waals surface area contributed by atoms with Crippen LogP contribution < -0.4 is 15.4 Å². The number of carbonyl (C=O) groups excluding carboxylic acids is 1. The highest BCUT2D eigenvalue weighted by Crippen LogP contribution is 2.33. The highest BCUT2D eigenvalue weighted by Gasteiger charge is 2.41. The van der Waals surface area contributed by atoms with Crippen molar-refractivity contribution in [3.8, 4) is 5.75 Å². The van der Waals surface area contributed by atoms with Gasteiger partial charge in [-0.05, 0) is 43.3 Å². The molecule has 3 rings (SSSR count). The quantitative estimate of drug-likeness (QED) is 0.506. The molecule has 1 amide bonds. The second-order valence-corrected chi connectivity index (χ2v) is 8.54. The summed E-state index contributed by atoms with van der Waals surface area (Å²) in [6.07, 6.45) is -0.0538. The van der Waals surface area contributed by atoms with Crippen molar-refractivity contribution >= 4 is 40.8 Å². The number of carbonyl (C=O) groups is 2. The number of amides is 1. The van der Waals surface area contributed by atoms with Crippen molar-refractivity contribution in [1.82, 2.24) is 5.32 Å². The van der Waals surface area contributed by atoms with E-state index in [0.29, 0.717) is 40.3 Å². The van der Waals surface area contributed by atoms with E-state index < -0.39 is 11.4 Å². The fourth-order valence-electron chi connectivity index (χ4n) is 3.48. The van der Waals surface area contributed by atoms with Crippen molar-refractivity contribution in [2.24, 2.45) is 5.41 Å². The predicted molar refractivity (Wildman–Crippen MR) is 119 cm³/mol. The largest absolute Gasteiger partial charge is 0.496 e. The van der Waals surface area contributed by atoms with Gasteiger partial charge in [-0.1, -0.05) is 23.2 Å². The van der Waals surface area contributed by atoms with E-state index in [0.717, 1.165) is 5.56 Å². The Bertz CT molecular complexity index is 978. The molecule has 1 heterocycles. The van der Waals surface area contributed by atoms with E-state index in [9.17, 15) is 9.59 Å². The third-order valence-electron chi connectivity index (χ3n) is 5.23. The molecule has 31 heavy (non-hydrogen) atoms. The lowest BCUT2D eigenvalue weighted by molar-refractivity contribution is -0.155. The number of benzene rings is 2. The van der Waals surface area contributed by atoms with Crippen molar-refractivity contribution in [2.45, 2.75) is 19.4 Å². The van der Waals surface area contributed by atoms with Gasteiger partial charge in [0.15, 0.2) is 0 Å². The molecule has 9 heteroatoms. The van der Waals surface area contributed by atoms with Crippen LogP contribution in [0.2, 0.25) is 10.0 Å². The van der Waals surface area contributed by atoms with Crippen LogP contribution in [0.25, 0.3) is 0 Å². The Hall–Kier alpha value is -2.48. The number of nitrogens with one attached hydrogen (secondary N) is 2. The molecule has 7 nitrogen and oxygen atoms in total. The lowest BCUT2D eigenvalue weighted by Crippen LogP contribution is -2.52. The Morgan fingerprint density at radius 3 is 2.55 bits per heavy atom. The molecule has 1 saturated heterocycles. The van der Waals surface area contributed by atoms with Crippen LogP contribution in [-0.4, -0.2) is 43.9 Å². The number of aliphatic carboxylic acids is 1. The topological polar surface area (TPSA) is 96.9 Å². The molecule has 0 aliphatic carbocycles. The van der Waals surface area contributed by atoms with Crippen molar-refractivity contribution in [3.05, 3.63) is 57.6 Å². The summed E-state index contributed by atoms with van der Waals surface area (Å²) in [6.45, 7) is 2.80. The molecule has 3 N–H and O–H groups in total. The maximum atomic E-state index is 12.5. The maximum Gasteiger partial charge on any atom is 0.304 e. The summed E-state index contributed by atoms with van der Waals surface area (Å²) in [7, 11) is 1.59. The first-order chi connectivity index (χ1) is 14.7. The van der Waals surface area contributed by atoms with Gasteiger partial charge in [0.05, 0.1) is 43.5 Å². The summed E-state index contributed by atoms with van der Waals surface area (Å²) in [5.41, 5.74) is 1.36. The fourth-order valence-corrected chi connectivity index (χ4v) is 3.89. The number of anilines is 1. The van der Waals surface area contributed by atoms with E-state index in [1.54, 1.807) is 37.4 Å². The van der Waals surface area contributed by atoms with Crippen molar-refractivity contribution in [2.75, 3.05) is 32.2 Å². The van der Waals surface area contributed by atoms with Gasteiger partial charge in [0, 0.05) is 28.1 Å². The van der Waals surface area contributed by atoms with Gasteiger partial charge in [0.2, 0.25) is 0 Å². The Balaban J connectivity index is 1.66. The van der Waals surface area contributed by atoms with Crippen molar-refractivity contribution in [3.63, 3.8) is 0 Å². The van der Waals surface area contributed by atoms with Crippen molar-refractivity contribution in [1.29, 1.82) is 0 Å². The molecular weight excluding hydrogens is 443 g/mol. The molecule has 0 unspecified atom stereocenters. The lowest BCUT2D eigenvalue weighted by Gasteiger charge is -2.40. The van der Waals surface area contributed by atoms with E-state index in [1.165, 1.54) is 0 Å². The molecule has 0 spiro atoms. The van der Waals surface area contributed by atoms with Crippen LogP contribution in [0.5, 0.6) is 5.75 Å². The molecule has 2 aromatic carbocycles. The molecular formula is C22H24Cl2N2O5. The predicted octanol–water partition coefficient (Wildman–Crippen LogP) is 4.40. The maximum absolute atomic E-state index is 12.5. The number of rotatable bonds is 9. The Labute approximate surface area is 190 Å². The molecule has 0 aromatic heterocycles. The second-order valence-electron chi connectivity index (χ2n) is 7.69. The minimum atomic E-state index is -0.915. The monoisotopic (exact) mass is 466 g/mol. The van der Waals surface area contributed by atoms with E-state index >= 15 is 0 Å². The van der Waals surface area contributed by atoms with Crippen LogP contribution in [-0.2, 0) is 9.53 Å². The number of hydrogen-bond acceptors (Lipinski definition) is 5. The SMILES string of the molecule is COc1ccc(Cl)cc1[C@H](C)Nc1ccc(C(=O)NCC2(CC(=O)O)COC2)cc1Cl. The molecule has 0 radical (unpaired) electrons. The number of carboxylic acids is 1. The van der Waals surface area contributed by atoms with Gasteiger partial charge >= 0.3 is 5.97 Å². The molecule has 1 atom stereocenters. The average molecular weight is 467 g/mol. The molecule has 1 aliphatic rings. The average Bonchev–Trinajstić information content (AvgIpc) is 2.70. The van der Waals surface area contributed by atoms with Gasteiger partial charge < -0.3 is 25.2 Å². The molecule has 166 valence electrons. The highest BCUT2D eigenvalue weighted by molar-refractivity contribution is 6.33. The first-order valence-corrected chi connectivity index (χ1v) is 10.5. The standard InChI is InChI=1S/C22H24Cl2N2O5/c1-13(16-8-15(23)4-6-19(16)30-2)26-18-5-3-14(7-17(18)24)21(29)25-10-22(9-20(27)28)11-31-12-22/h3-8,13,26H,9-12H2,1-2H3,(H,25,29)(H,27,28)/t13-/m0/s1. The summed E-state index contributed by atoms with van der Waals surface area (Å²) in [4.78, 5) is 23.6. The van der Waals surface area contributed by atoms with Gasteiger partial charge in [-0.25, -0.2) is 0 Å². The normalized spacial score (nSPS) is 15.5. The van der Waals surface area contributed by atoms with Crippen LogP contribution in [0.3, 0.4) is 0 Å². The van der Waals surface area contributed by atoms with Gasteiger partial charge in [-0.2, -0.15) is 0 Å². The van der Waals surface area contributed by atoms with Gasteiger partial charge in [-0.15, -0.1) is 0 Å². The van der Waals surface area contributed by atoms with Gasteiger partial charge in [-0.3, -0.25) is 9.59 Å². The highest BCUT2D eigenvalue weighted by atomic mass is 35.5. The zero-order chi connectivity index (χ0) is 22.6. The van der Waals surface area contributed by atoms with E-state index in [-0.39, 0.29) is 24.9 Å². The number of halogens is 2. The summed E-state index contributed by atoms with van der Waals surface area (Å²) in [5, 5.41) is 16.1. The van der Waals surface area contributed by atoms with Gasteiger partial charge in [0.1, 0.15) is 5.75 Å². The Morgan fingerprint density at radius 1 is 1.23 bits per heavy atom. The first-order valence-electron chi connectivity index (χ1n) is 9.70. The summed E-state index contributed by atoms with van der Waals surface area (Å²) in [6, 6.07) is 10.2. The summed E-state index contributed by atoms with van der Waals surface area (Å²) < 4.78 is 10.6. The number of ether oxygens (including phenoxy) is 2. The Morgan fingerprint density at radius 2 is 1.97 bits per heavy atom. The molecule has 0 saturated carbocycles. The second kappa shape index (κ2) is 9.77. The summed E-state index contributed by atoms with van der Waals surface area (Å²) >= 11 is 12.5. The molecule has 1 fully saturated rings. The minimum Gasteiger partial charge on any atom is -0.496 e. The third kappa shape index (κ3) is 5.61. The fraction of sp³-hybridized carbons (Fsp3) is 0.364. The van der Waals surface area contributed by atoms with Crippen molar-refractivity contribution < 1.29 is 24.2 Å². The Kier molecular flexibility index (Phi) is 7.30. The smallest absolute Gasteiger partial charge is 0.304 e. The summed E-state index contributed by atoms with van der Waals surface area (Å²) in [5.74, 6) is -0.539. The van der Waals surface area contributed by atoms with Crippen LogP contribution in [0.1, 0.15) is 35.3 Å². The number of hydrogen-bond donors (Lipinski definition) is 3. The van der Waals surface area contributed by atoms with Crippen LogP contribution in [0, 0.1) is 5.41 Å². The van der Waals surface area contributed by atoms with Crippen LogP contribution >= 0.6 is 23.2 Å². The van der Waals surface area contributed by atoms with Crippen LogP contribution in [0.4, 0.5) is 5.69 Å². The number of carboxylic acid groups (broad SMARTS) is 1. The number of methoxy groups -OCH3 is 1. The van der Waals surface area contributed by atoms with E-state index in [1.807, 2.05) is 13.0 Å². The molecule has 2 aromatic rings. The van der Waals surface area contributed by atoms with E-state index in [4.69, 9.17) is 37.8 Å². The first kappa shape index (κ1) is 23.2.